The summed E-state index contributed by atoms with van der Waals surface area (Å²) in [6.07, 6.45) is -0.913. The summed E-state index contributed by atoms with van der Waals surface area (Å²) >= 11 is 1.21. The zero-order valence-electron chi connectivity index (χ0n) is 22.0. The molecule has 2 aromatic carbocycles. The fraction of sp³-hybridized carbons (Fsp3) is 0.393. The Morgan fingerprint density at radius 1 is 1.05 bits per heavy atom. The fourth-order valence-corrected chi connectivity index (χ4v) is 5.04. The third-order valence-electron chi connectivity index (χ3n) is 6.13. The first-order valence-electron chi connectivity index (χ1n) is 12.4. The van der Waals surface area contributed by atoms with Gasteiger partial charge in [0.05, 0.1) is 26.0 Å². The number of methoxy groups -OCH3 is 1. The molecule has 1 N–H and O–H groups in total. The number of benzene rings is 2. The number of ketones is 1. The van der Waals surface area contributed by atoms with Crippen molar-refractivity contribution in [2.45, 2.75) is 26.2 Å². The molecule has 0 bridgehead atoms. The van der Waals surface area contributed by atoms with Crippen LogP contribution in [0.3, 0.4) is 0 Å². The Bertz CT molecular complexity index is 1320. The smallest absolute Gasteiger partial charge is 0.492 e. The lowest BCUT2D eigenvalue weighted by Gasteiger charge is -2.26. The van der Waals surface area contributed by atoms with Gasteiger partial charge in [0.15, 0.2) is 0 Å². The average Bonchev–Trinajstić information content (AvgIpc) is 3.31. The first kappa shape index (κ1) is 27.6. The van der Waals surface area contributed by atoms with Crippen LogP contribution < -0.4 is 14.8 Å². The average molecular weight is 541 g/mol. The molecule has 0 atom stereocenters. The monoisotopic (exact) mass is 540 g/mol. The van der Waals surface area contributed by atoms with E-state index in [1.807, 2.05) is 39.0 Å². The van der Waals surface area contributed by atoms with Gasteiger partial charge in [-0.15, -0.1) is 11.3 Å². The van der Waals surface area contributed by atoms with Gasteiger partial charge in [0.25, 0.3) is 11.7 Å². The summed E-state index contributed by atoms with van der Waals surface area (Å²) in [4.78, 5) is 41.3. The summed E-state index contributed by atoms with van der Waals surface area (Å²) in [5.74, 6) is -0.912. The highest BCUT2D eigenvalue weighted by Crippen LogP contribution is 2.41. The van der Waals surface area contributed by atoms with Gasteiger partial charge in [-0.1, -0.05) is 45.0 Å². The molecule has 38 heavy (non-hydrogen) atoms. The van der Waals surface area contributed by atoms with Crippen LogP contribution in [0.15, 0.2) is 42.5 Å². The molecule has 0 spiro atoms. The number of rotatable bonds is 8. The van der Waals surface area contributed by atoms with E-state index in [1.54, 1.807) is 24.3 Å². The van der Waals surface area contributed by atoms with Gasteiger partial charge >= 0.3 is 6.16 Å². The molecule has 4 rings (SSSR count). The number of anilines is 1. The maximum Gasteiger partial charge on any atom is 0.514 e. The lowest BCUT2D eigenvalue weighted by molar-refractivity contribution is -0.112. The van der Waals surface area contributed by atoms with Crippen molar-refractivity contribution in [2.75, 3.05) is 51.9 Å². The molecular weight excluding hydrogens is 508 g/mol. The Labute approximate surface area is 225 Å². The van der Waals surface area contributed by atoms with E-state index in [0.29, 0.717) is 17.7 Å². The fourth-order valence-electron chi connectivity index (χ4n) is 4.03. The quantitative estimate of drug-likeness (QED) is 0.245. The van der Waals surface area contributed by atoms with Crippen molar-refractivity contribution in [3.8, 4) is 10.8 Å². The van der Waals surface area contributed by atoms with E-state index in [2.05, 4.69) is 15.0 Å². The van der Waals surface area contributed by atoms with E-state index < -0.39 is 17.8 Å². The predicted molar refractivity (Wildman–Crippen MR) is 146 cm³/mol. The highest BCUT2D eigenvalue weighted by molar-refractivity contribution is 7.14. The van der Waals surface area contributed by atoms with Crippen molar-refractivity contribution in [3.63, 3.8) is 0 Å². The van der Waals surface area contributed by atoms with Gasteiger partial charge in [0.2, 0.25) is 5.06 Å². The van der Waals surface area contributed by atoms with Gasteiger partial charge in [0.1, 0.15) is 12.4 Å². The highest BCUT2D eigenvalue weighted by atomic mass is 32.1. The van der Waals surface area contributed by atoms with E-state index in [-0.39, 0.29) is 21.7 Å². The Kier molecular flexibility index (Phi) is 8.65. The topological polar surface area (TPSA) is 103 Å². The SMILES string of the molecule is COC(=O)Oc1sc(C(C)(C)C)cc1NC(=O)C(=O)c1ccc(OCCN2CCOCC2)c2ccccc12. The molecule has 1 amide bonds. The van der Waals surface area contributed by atoms with Gasteiger partial charge in [-0.3, -0.25) is 14.5 Å². The number of carbonyl (C=O) groups is 3. The van der Waals surface area contributed by atoms with Crippen LogP contribution in [-0.4, -0.2) is 69.3 Å². The predicted octanol–water partition coefficient (Wildman–Crippen LogP) is 4.88. The van der Waals surface area contributed by atoms with E-state index in [9.17, 15) is 14.4 Å². The highest BCUT2D eigenvalue weighted by Gasteiger charge is 2.26. The zero-order valence-corrected chi connectivity index (χ0v) is 22.8. The molecule has 0 radical (unpaired) electrons. The van der Waals surface area contributed by atoms with Crippen molar-refractivity contribution in [1.82, 2.24) is 4.90 Å². The van der Waals surface area contributed by atoms with Gasteiger partial charge in [-0.25, -0.2) is 4.79 Å². The molecule has 1 fully saturated rings. The van der Waals surface area contributed by atoms with Crippen LogP contribution in [0.5, 0.6) is 10.8 Å². The van der Waals surface area contributed by atoms with Crippen LogP contribution in [-0.2, 0) is 19.7 Å². The standard InChI is InChI=1S/C28H32N2O7S/c1-28(2,3)23-17-21(26(38-23)37-27(33)34-4)29-25(32)24(31)20-9-10-22(19-8-6-5-7-18(19)20)36-16-13-30-11-14-35-15-12-30/h5-10,17H,11-16H2,1-4H3,(H,29,32). The molecule has 2 heterocycles. The molecule has 0 aliphatic carbocycles. The second-order valence-corrected chi connectivity index (χ2v) is 10.9. The van der Waals surface area contributed by atoms with Crippen LogP contribution >= 0.6 is 11.3 Å². The molecule has 3 aromatic rings. The molecule has 10 heteroatoms. The Morgan fingerprint density at radius 2 is 1.76 bits per heavy atom. The minimum absolute atomic E-state index is 0.150. The Hall–Kier alpha value is -3.47. The number of carbonyl (C=O) groups excluding carboxylic acids is 3. The number of amides is 1. The van der Waals surface area contributed by atoms with E-state index in [4.69, 9.17) is 14.2 Å². The molecular formula is C28H32N2O7S. The molecule has 202 valence electrons. The number of morpholine rings is 1. The van der Waals surface area contributed by atoms with E-state index in [0.717, 1.165) is 43.1 Å². The van der Waals surface area contributed by atoms with Crippen molar-refractivity contribution >= 4 is 45.6 Å². The number of fused-ring (bicyclic) bond motifs is 1. The normalized spacial score (nSPS) is 14.2. The second-order valence-electron chi connectivity index (χ2n) is 9.86. The third-order valence-corrected chi connectivity index (χ3v) is 7.57. The van der Waals surface area contributed by atoms with Crippen molar-refractivity contribution < 1.29 is 33.3 Å². The van der Waals surface area contributed by atoms with E-state index >= 15 is 0 Å². The number of nitrogens with one attached hydrogen (secondary N) is 1. The molecule has 1 aromatic heterocycles. The lowest BCUT2D eigenvalue weighted by atomic mass is 9.95. The van der Waals surface area contributed by atoms with Gasteiger partial charge < -0.3 is 24.3 Å². The minimum Gasteiger partial charge on any atom is -0.492 e. The number of nitrogens with zero attached hydrogens (tertiary/aromatic N) is 1. The third kappa shape index (κ3) is 6.50. The largest absolute Gasteiger partial charge is 0.514 e. The molecule has 1 saturated heterocycles. The summed E-state index contributed by atoms with van der Waals surface area (Å²) in [5, 5.41) is 4.13. The molecule has 0 unspecified atom stereocenters. The van der Waals surface area contributed by atoms with Crippen LogP contribution in [0.4, 0.5) is 10.5 Å². The van der Waals surface area contributed by atoms with Crippen molar-refractivity contribution in [2.24, 2.45) is 0 Å². The van der Waals surface area contributed by atoms with Crippen LogP contribution in [0, 0.1) is 0 Å². The number of Topliss-reactive ketones (excluding diaryl/α,β-unsaturated/α-hetero) is 1. The number of hydrogen-bond acceptors (Lipinski definition) is 9. The summed E-state index contributed by atoms with van der Waals surface area (Å²) in [6, 6.07) is 12.4. The molecule has 0 saturated carbocycles. The van der Waals surface area contributed by atoms with E-state index in [1.165, 1.54) is 18.4 Å². The molecule has 9 nitrogen and oxygen atoms in total. The minimum atomic E-state index is -0.913. The van der Waals surface area contributed by atoms with Crippen LogP contribution in [0.2, 0.25) is 0 Å². The lowest BCUT2D eigenvalue weighted by Crippen LogP contribution is -2.38. The van der Waals surface area contributed by atoms with Crippen LogP contribution in [0.1, 0.15) is 36.0 Å². The summed E-state index contributed by atoms with van der Waals surface area (Å²) in [7, 11) is 1.20. The van der Waals surface area contributed by atoms with Gasteiger partial charge in [0, 0.05) is 35.5 Å². The maximum absolute atomic E-state index is 13.3. The maximum atomic E-state index is 13.3. The second kappa shape index (κ2) is 11.9. The molecule has 1 aliphatic heterocycles. The Balaban J connectivity index is 1.53. The zero-order chi connectivity index (χ0) is 27.3. The molecule has 1 aliphatic rings. The number of thiophene rings is 1. The summed E-state index contributed by atoms with van der Waals surface area (Å²) in [6.45, 7) is 10.4. The Morgan fingerprint density at radius 3 is 2.45 bits per heavy atom. The first-order chi connectivity index (χ1) is 18.2. The number of hydrogen-bond donors (Lipinski definition) is 1. The van der Waals surface area contributed by atoms with Crippen molar-refractivity contribution in [3.05, 3.63) is 52.9 Å². The van der Waals surface area contributed by atoms with Crippen LogP contribution in [0.25, 0.3) is 10.8 Å². The first-order valence-corrected chi connectivity index (χ1v) is 13.2. The summed E-state index contributed by atoms with van der Waals surface area (Å²) < 4.78 is 21.3. The van der Waals surface area contributed by atoms with Gasteiger partial charge in [-0.2, -0.15) is 0 Å². The van der Waals surface area contributed by atoms with Gasteiger partial charge in [-0.05, 0) is 29.0 Å². The van der Waals surface area contributed by atoms with Crippen molar-refractivity contribution in [1.29, 1.82) is 0 Å². The summed E-state index contributed by atoms with van der Waals surface area (Å²) in [5.41, 5.74) is 0.219. The number of ether oxygens (including phenoxy) is 4.